The molecule has 310 valence electrons. The van der Waals surface area contributed by atoms with Gasteiger partial charge in [-0.15, -0.1) is 11.3 Å². The third kappa shape index (κ3) is 9.82. The molecule has 56 heavy (non-hydrogen) atoms. The zero-order valence-corrected chi connectivity index (χ0v) is 35.8. The summed E-state index contributed by atoms with van der Waals surface area (Å²) < 4.78 is 12.1. The Morgan fingerprint density at radius 1 is 1.02 bits per heavy atom. The summed E-state index contributed by atoms with van der Waals surface area (Å²) in [6.45, 7) is 10.5. The molecule has 13 heteroatoms. The number of amides is 4. The number of ether oxygens (including phenoxy) is 2. The van der Waals surface area contributed by atoms with Crippen molar-refractivity contribution in [3.05, 3.63) is 52.5 Å². The number of methoxy groups -OCH3 is 2. The number of likely N-dealkylation sites (N-methyl/N-ethyl adjacent to an activating group) is 2. The van der Waals surface area contributed by atoms with E-state index in [1.165, 1.54) is 11.3 Å². The number of nitrogens with zero attached hydrogens (tertiary/aromatic N) is 4. The average molecular weight is 795 g/mol. The van der Waals surface area contributed by atoms with Crippen molar-refractivity contribution in [1.29, 1.82) is 0 Å². The van der Waals surface area contributed by atoms with Crippen molar-refractivity contribution < 1.29 is 28.7 Å². The van der Waals surface area contributed by atoms with Gasteiger partial charge in [-0.3, -0.25) is 24.1 Å². The minimum absolute atomic E-state index is 0.00778. The molecule has 12 nitrogen and oxygen atoms in total. The Bertz CT molecular complexity index is 1590. The highest BCUT2D eigenvalue weighted by atomic mass is 32.1. The van der Waals surface area contributed by atoms with Gasteiger partial charge in [0, 0.05) is 45.4 Å². The fourth-order valence-corrected chi connectivity index (χ4v) is 10.3. The van der Waals surface area contributed by atoms with E-state index in [-0.39, 0.29) is 60.0 Å². The second kappa shape index (κ2) is 19.8. The van der Waals surface area contributed by atoms with Crippen LogP contribution in [0.5, 0.6) is 0 Å². The number of thiazole rings is 1. The Morgan fingerprint density at radius 3 is 2.34 bits per heavy atom. The largest absolute Gasteiger partial charge is 0.379 e. The lowest BCUT2D eigenvalue weighted by Crippen LogP contribution is -2.60. The Labute approximate surface area is 338 Å². The van der Waals surface area contributed by atoms with Crippen LogP contribution in [-0.4, -0.2) is 121 Å². The molecular formula is C43H66N6O6S. The van der Waals surface area contributed by atoms with Crippen molar-refractivity contribution >= 4 is 35.0 Å². The summed E-state index contributed by atoms with van der Waals surface area (Å²) in [5.74, 6) is -0.860. The van der Waals surface area contributed by atoms with Gasteiger partial charge in [0.25, 0.3) is 0 Å². The van der Waals surface area contributed by atoms with Crippen LogP contribution in [0.15, 0.2) is 41.9 Å². The first-order valence-electron chi connectivity index (χ1n) is 20.7. The first-order chi connectivity index (χ1) is 26.8. The molecule has 0 spiro atoms. The van der Waals surface area contributed by atoms with Crippen molar-refractivity contribution in [2.24, 2.45) is 23.7 Å². The lowest BCUT2D eigenvalue weighted by molar-refractivity contribution is -0.148. The topological polar surface area (TPSA) is 133 Å². The molecule has 2 N–H and O–H groups in total. The number of fused-ring (bicyclic) bond motifs is 2. The average Bonchev–Trinajstić information content (AvgIpc) is 4.03. The van der Waals surface area contributed by atoms with E-state index in [0.717, 1.165) is 42.7 Å². The normalized spacial score (nSPS) is 24.6. The molecule has 11 atom stereocenters. The van der Waals surface area contributed by atoms with Gasteiger partial charge in [0.05, 0.1) is 48.7 Å². The summed E-state index contributed by atoms with van der Waals surface area (Å²) in [5.41, 5.74) is 1.10. The summed E-state index contributed by atoms with van der Waals surface area (Å²) in [5, 5.41) is 9.13. The van der Waals surface area contributed by atoms with Gasteiger partial charge >= 0.3 is 0 Å². The van der Waals surface area contributed by atoms with E-state index in [9.17, 15) is 19.2 Å². The molecule has 1 aromatic carbocycles. The number of carbonyl (C=O) groups excluding carboxylic acids is 4. The third-order valence-electron chi connectivity index (χ3n) is 13.0. The Kier molecular flexibility index (Phi) is 15.5. The molecule has 3 heterocycles. The maximum atomic E-state index is 14.4. The molecule has 4 amide bonds. The van der Waals surface area contributed by atoms with Gasteiger partial charge in [-0.2, -0.15) is 0 Å². The Balaban J connectivity index is 1.27. The van der Waals surface area contributed by atoms with Crippen molar-refractivity contribution in [3.63, 3.8) is 0 Å². The summed E-state index contributed by atoms with van der Waals surface area (Å²) in [6, 6.07) is 8.53. The molecule has 2 aromatic rings. The molecule has 3 fully saturated rings. The van der Waals surface area contributed by atoms with E-state index in [1.54, 1.807) is 32.4 Å². The molecule has 2 saturated heterocycles. The molecule has 1 aliphatic carbocycles. The third-order valence-corrected chi connectivity index (χ3v) is 13.9. The maximum absolute atomic E-state index is 14.4. The Hall–Kier alpha value is -3.39. The van der Waals surface area contributed by atoms with Crippen LogP contribution in [0.2, 0.25) is 0 Å². The molecule has 0 unspecified atom stereocenters. The highest BCUT2D eigenvalue weighted by Crippen LogP contribution is 2.41. The van der Waals surface area contributed by atoms with E-state index >= 15 is 0 Å². The van der Waals surface area contributed by atoms with Crippen LogP contribution < -0.4 is 10.6 Å². The quantitative estimate of drug-likeness (QED) is 0.201. The first-order valence-corrected chi connectivity index (χ1v) is 21.6. The second-order valence-corrected chi connectivity index (χ2v) is 17.7. The van der Waals surface area contributed by atoms with E-state index in [2.05, 4.69) is 34.4 Å². The van der Waals surface area contributed by atoms with E-state index in [4.69, 9.17) is 9.47 Å². The number of hydrogen-bond acceptors (Lipinski definition) is 9. The van der Waals surface area contributed by atoms with Gasteiger partial charge in [-0.25, -0.2) is 4.98 Å². The summed E-state index contributed by atoms with van der Waals surface area (Å²) in [4.78, 5) is 66.6. The van der Waals surface area contributed by atoms with Crippen molar-refractivity contribution in [3.8, 4) is 0 Å². The number of nitrogens with one attached hydrogen (secondary N) is 2. The van der Waals surface area contributed by atoms with E-state index in [1.807, 2.05) is 68.4 Å². The lowest BCUT2D eigenvalue weighted by atomic mass is 9.89. The number of hydrogen-bond donors (Lipinski definition) is 2. The molecule has 5 rings (SSSR count). The van der Waals surface area contributed by atoms with Crippen molar-refractivity contribution in [2.75, 3.05) is 34.9 Å². The number of carbonyl (C=O) groups is 4. The highest BCUT2D eigenvalue weighted by molar-refractivity contribution is 7.09. The fourth-order valence-electron chi connectivity index (χ4n) is 9.64. The Morgan fingerprint density at radius 2 is 1.75 bits per heavy atom. The number of piperidine rings is 1. The molecule has 0 radical (unpaired) electrons. The van der Waals surface area contributed by atoms with Gasteiger partial charge in [-0.1, -0.05) is 71.4 Å². The van der Waals surface area contributed by atoms with Crippen LogP contribution in [0.4, 0.5) is 0 Å². The molecule has 2 aliphatic heterocycles. The van der Waals surface area contributed by atoms with Gasteiger partial charge in [0.2, 0.25) is 23.6 Å². The first kappa shape index (κ1) is 43.7. The standard InChI is InChI=1S/C43H66N6O6S/c1-10-27(4)37(48(7)43(53)36(26(2)3)46-41(52)38-30-18-19-31(24-30)47(38)6)34(54-8)25-35(50)49-21-14-17-33(49)39(55-9)28(5)40(51)45-32(42-44-20-22-56-42)23-29-15-12-11-13-16-29/h11-13,15-16,20,22,26-28,30-34,36-39H,10,14,17-19,21,23-25H2,1-9H3,(H,45,51)(H,46,52)/t27-,28+,30-,31+,32-,33-,34+,36-,37-,38-,39+/m0/s1. The minimum Gasteiger partial charge on any atom is -0.379 e. The molecule has 1 aromatic heterocycles. The van der Waals surface area contributed by atoms with Crippen LogP contribution in [0.1, 0.15) is 96.2 Å². The maximum Gasteiger partial charge on any atom is 0.245 e. The van der Waals surface area contributed by atoms with Crippen LogP contribution >= 0.6 is 11.3 Å². The van der Waals surface area contributed by atoms with Crippen LogP contribution in [0.3, 0.4) is 0 Å². The minimum atomic E-state index is -0.708. The van der Waals surface area contributed by atoms with Gasteiger partial charge in [0.15, 0.2) is 0 Å². The van der Waals surface area contributed by atoms with Gasteiger partial charge < -0.3 is 29.9 Å². The van der Waals surface area contributed by atoms with Crippen LogP contribution in [0.25, 0.3) is 0 Å². The van der Waals surface area contributed by atoms with E-state index < -0.39 is 30.2 Å². The number of benzene rings is 1. The predicted molar refractivity (Wildman–Crippen MR) is 219 cm³/mol. The smallest absolute Gasteiger partial charge is 0.245 e. The summed E-state index contributed by atoms with van der Waals surface area (Å²) >= 11 is 1.51. The summed E-state index contributed by atoms with van der Waals surface area (Å²) in [7, 11) is 7.00. The second-order valence-electron chi connectivity index (χ2n) is 16.8. The number of aromatic nitrogens is 1. The van der Waals surface area contributed by atoms with Gasteiger partial charge in [0.1, 0.15) is 11.0 Å². The van der Waals surface area contributed by atoms with Crippen LogP contribution in [0, 0.1) is 23.7 Å². The van der Waals surface area contributed by atoms with Gasteiger partial charge in [-0.05, 0) is 68.9 Å². The SMILES string of the molecule is CC[C@H](C)[C@@H]([C@@H](CC(=O)N1CCC[C@H]1[C@H](OC)[C@@H](C)C(=O)N[C@@H](Cc1ccccc1)c1nccs1)OC)N(C)C(=O)[C@@H](NC(=O)[C@@H]1[C@H]2CC[C@H](C2)N1C)C(C)C. The number of likely N-dealkylation sites (tertiary alicyclic amines) is 2. The number of rotatable bonds is 19. The monoisotopic (exact) mass is 794 g/mol. The zero-order valence-electron chi connectivity index (χ0n) is 35.0. The van der Waals surface area contributed by atoms with E-state index in [0.29, 0.717) is 31.3 Å². The summed E-state index contributed by atoms with van der Waals surface area (Å²) in [6.07, 6.45) is 6.76. The predicted octanol–water partition coefficient (Wildman–Crippen LogP) is 5.09. The zero-order chi connectivity index (χ0) is 40.7. The molecular weight excluding hydrogens is 729 g/mol. The lowest BCUT2D eigenvalue weighted by Gasteiger charge is -2.41. The fraction of sp³-hybridized carbons (Fsp3) is 0.698. The molecule has 1 saturated carbocycles. The van der Waals surface area contributed by atoms with Crippen molar-refractivity contribution in [2.45, 2.75) is 134 Å². The molecule has 3 aliphatic rings. The highest BCUT2D eigenvalue weighted by Gasteiger charge is 2.49. The van der Waals surface area contributed by atoms with Crippen molar-refractivity contribution in [1.82, 2.24) is 30.3 Å². The van der Waals surface area contributed by atoms with Crippen LogP contribution in [-0.2, 0) is 35.1 Å². The molecule has 2 bridgehead atoms.